The van der Waals surface area contributed by atoms with E-state index in [1.807, 2.05) is 19.1 Å². The minimum atomic E-state index is -0.223. The van der Waals surface area contributed by atoms with Crippen molar-refractivity contribution in [3.63, 3.8) is 0 Å². The maximum atomic E-state index is 11.4. The molecule has 0 aromatic heterocycles. The number of amides is 1. The Morgan fingerprint density at radius 3 is 2.79 bits per heavy atom. The van der Waals surface area contributed by atoms with E-state index in [0.29, 0.717) is 10.7 Å². The number of carbonyl (C=O) groups is 1. The van der Waals surface area contributed by atoms with Gasteiger partial charge in [0.15, 0.2) is 0 Å². The molecule has 14 heavy (non-hydrogen) atoms. The van der Waals surface area contributed by atoms with E-state index < -0.39 is 0 Å². The number of carbonyl (C=O) groups excluding carboxylic acids is 1. The van der Waals surface area contributed by atoms with E-state index in [-0.39, 0.29) is 10.7 Å². The van der Waals surface area contributed by atoms with Crippen molar-refractivity contribution in [2.45, 2.75) is 18.7 Å². The molecule has 1 aromatic rings. The Labute approximate surface area is 96.8 Å². The fourth-order valence-electron chi connectivity index (χ4n) is 0.976. The van der Waals surface area contributed by atoms with Crippen LogP contribution in [0.15, 0.2) is 18.2 Å². The molecule has 76 valence electrons. The van der Waals surface area contributed by atoms with Crippen LogP contribution in [0.5, 0.6) is 0 Å². The third-order valence-electron chi connectivity index (χ3n) is 1.81. The molecule has 0 saturated heterocycles. The second-order valence-electron chi connectivity index (χ2n) is 3.04. The number of nitrogens with one attached hydrogen (secondary N) is 1. The lowest BCUT2D eigenvalue weighted by Crippen LogP contribution is -2.20. The zero-order valence-corrected chi connectivity index (χ0v) is 10.3. The van der Waals surface area contributed by atoms with Gasteiger partial charge in [-0.2, -0.15) is 0 Å². The van der Waals surface area contributed by atoms with Crippen molar-refractivity contribution in [3.8, 4) is 0 Å². The first-order chi connectivity index (χ1) is 6.52. The summed E-state index contributed by atoms with van der Waals surface area (Å²) >= 11 is 9.20. The molecular formula is C10H11BrClNO. The standard InChI is InChI=1S/C10H11BrClNO/c1-6-4-3-5-8(9(6)12)13-10(14)7(2)11/h3-5,7H,1-2H3,(H,13,14). The maximum Gasteiger partial charge on any atom is 0.237 e. The molecule has 0 heterocycles. The molecule has 0 saturated carbocycles. The van der Waals surface area contributed by atoms with Crippen molar-refractivity contribution < 1.29 is 4.79 Å². The average molecular weight is 277 g/mol. The van der Waals surface area contributed by atoms with Crippen LogP contribution in [0.2, 0.25) is 5.02 Å². The van der Waals surface area contributed by atoms with Gasteiger partial charge in [0, 0.05) is 0 Å². The highest BCUT2D eigenvalue weighted by Gasteiger charge is 2.11. The molecular weight excluding hydrogens is 265 g/mol. The molecule has 4 heteroatoms. The van der Waals surface area contributed by atoms with Crippen LogP contribution in [-0.2, 0) is 4.79 Å². The number of anilines is 1. The normalized spacial score (nSPS) is 12.3. The van der Waals surface area contributed by atoms with E-state index in [4.69, 9.17) is 11.6 Å². The monoisotopic (exact) mass is 275 g/mol. The molecule has 0 spiro atoms. The minimum absolute atomic E-state index is 0.0995. The largest absolute Gasteiger partial charge is 0.324 e. The van der Waals surface area contributed by atoms with E-state index in [1.165, 1.54) is 0 Å². The molecule has 0 radical (unpaired) electrons. The highest BCUT2D eigenvalue weighted by molar-refractivity contribution is 9.10. The number of aryl methyl sites for hydroxylation is 1. The van der Waals surface area contributed by atoms with Gasteiger partial charge in [-0.1, -0.05) is 39.7 Å². The lowest BCUT2D eigenvalue weighted by atomic mass is 10.2. The topological polar surface area (TPSA) is 29.1 Å². The zero-order chi connectivity index (χ0) is 10.7. The van der Waals surface area contributed by atoms with Crippen molar-refractivity contribution >= 4 is 39.1 Å². The van der Waals surface area contributed by atoms with Gasteiger partial charge in [0.2, 0.25) is 5.91 Å². The Balaban J connectivity index is 2.87. The van der Waals surface area contributed by atoms with Gasteiger partial charge in [0.25, 0.3) is 0 Å². The van der Waals surface area contributed by atoms with E-state index in [1.54, 1.807) is 13.0 Å². The third kappa shape index (κ3) is 2.72. The molecule has 0 aliphatic rings. The van der Waals surface area contributed by atoms with Crippen molar-refractivity contribution in [1.29, 1.82) is 0 Å². The number of hydrogen-bond donors (Lipinski definition) is 1. The Morgan fingerprint density at radius 1 is 1.57 bits per heavy atom. The molecule has 1 atom stereocenters. The smallest absolute Gasteiger partial charge is 0.237 e. The zero-order valence-electron chi connectivity index (χ0n) is 7.97. The van der Waals surface area contributed by atoms with Crippen molar-refractivity contribution in [1.82, 2.24) is 0 Å². The molecule has 0 bridgehead atoms. The van der Waals surface area contributed by atoms with E-state index in [9.17, 15) is 4.79 Å². The lowest BCUT2D eigenvalue weighted by molar-refractivity contribution is -0.115. The number of hydrogen-bond acceptors (Lipinski definition) is 1. The summed E-state index contributed by atoms with van der Waals surface area (Å²) in [5.74, 6) is -0.0995. The second-order valence-corrected chi connectivity index (χ2v) is 4.79. The highest BCUT2D eigenvalue weighted by atomic mass is 79.9. The van der Waals surface area contributed by atoms with Crippen LogP contribution in [0.3, 0.4) is 0 Å². The summed E-state index contributed by atoms with van der Waals surface area (Å²) in [4.78, 5) is 11.1. The first kappa shape index (κ1) is 11.5. The third-order valence-corrected chi connectivity index (χ3v) is 2.73. The van der Waals surface area contributed by atoms with Crippen LogP contribution in [0, 0.1) is 6.92 Å². The predicted molar refractivity (Wildman–Crippen MR) is 63.2 cm³/mol. The molecule has 0 fully saturated rings. The average Bonchev–Trinajstić information content (AvgIpc) is 2.12. The summed E-state index contributed by atoms with van der Waals surface area (Å²) in [6.45, 7) is 3.66. The molecule has 1 unspecified atom stereocenters. The first-order valence-corrected chi connectivity index (χ1v) is 5.52. The van der Waals surface area contributed by atoms with Gasteiger partial charge in [-0.25, -0.2) is 0 Å². The molecule has 0 aliphatic heterocycles. The Kier molecular flexibility index (Phi) is 3.96. The van der Waals surface area contributed by atoms with Gasteiger partial charge in [0.05, 0.1) is 15.5 Å². The van der Waals surface area contributed by atoms with E-state index in [2.05, 4.69) is 21.2 Å². The number of alkyl halides is 1. The summed E-state index contributed by atoms with van der Waals surface area (Å²) in [6, 6.07) is 5.54. The summed E-state index contributed by atoms with van der Waals surface area (Å²) in [7, 11) is 0. The summed E-state index contributed by atoms with van der Waals surface area (Å²) < 4.78 is 0. The Morgan fingerprint density at radius 2 is 2.21 bits per heavy atom. The van der Waals surface area contributed by atoms with Crippen LogP contribution < -0.4 is 5.32 Å². The number of benzene rings is 1. The van der Waals surface area contributed by atoms with Crippen LogP contribution in [-0.4, -0.2) is 10.7 Å². The maximum absolute atomic E-state index is 11.4. The quantitative estimate of drug-likeness (QED) is 0.825. The highest BCUT2D eigenvalue weighted by Crippen LogP contribution is 2.25. The number of halogens is 2. The van der Waals surface area contributed by atoms with E-state index in [0.717, 1.165) is 5.56 Å². The molecule has 1 N–H and O–H groups in total. The van der Waals surface area contributed by atoms with Crippen molar-refractivity contribution in [2.24, 2.45) is 0 Å². The Hall–Kier alpha value is -0.540. The van der Waals surface area contributed by atoms with Gasteiger partial charge in [-0.15, -0.1) is 0 Å². The first-order valence-electron chi connectivity index (χ1n) is 4.22. The molecule has 1 rings (SSSR count). The number of rotatable bonds is 2. The van der Waals surface area contributed by atoms with Crippen LogP contribution >= 0.6 is 27.5 Å². The van der Waals surface area contributed by atoms with Gasteiger partial charge < -0.3 is 5.32 Å². The molecule has 2 nitrogen and oxygen atoms in total. The van der Waals surface area contributed by atoms with Crippen LogP contribution in [0.1, 0.15) is 12.5 Å². The molecule has 0 aliphatic carbocycles. The van der Waals surface area contributed by atoms with Gasteiger partial charge in [0.1, 0.15) is 0 Å². The van der Waals surface area contributed by atoms with Crippen LogP contribution in [0.25, 0.3) is 0 Å². The van der Waals surface area contributed by atoms with Crippen LogP contribution in [0.4, 0.5) is 5.69 Å². The molecule has 1 amide bonds. The predicted octanol–water partition coefficient (Wildman–Crippen LogP) is 3.37. The summed E-state index contributed by atoms with van der Waals surface area (Å²) in [5, 5.41) is 3.32. The molecule has 1 aromatic carbocycles. The van der Waals surface area contributed by atoms with Gasteiger partial charge >= 0.3 is 0 Å². The van der Waals surface area contributed by atoms with Gasteiger partial charge in [-0.05, 0) is 25.5 Å². The van der Waals surface area contributed by atoms with E-state index >= 15 is 0 Å². The fraction of sp³-hybridized carbons (Fsp3) is 0.300. The minimum Gasteiger partial charge on any atom is -0.324 e. The van der Waals surface area contributed by atoms with Gasteiger partial charge in [-0.3, -0.25) is 4.79 Å². The summed E-state index contributed by atoms with van der Waals surface area (Å²) in [5.41, 5.74) is 1.61. The summed E-state index contributed by atoms with van der Waals surface area (Å²) in [6.07, 6.45) is 0. The van der Waals surface area contributed by atoms with Crippen molar-refractivity contribution in [3.05, 3.63) is 28.8 Å². The Bertz CT molecular complexity index is 352. The SMILES string of the molecule is Cc1cccc(NC(=O)C(C)Br)c1Cl. The lowest BCUT2D eigenvalue weighted by Gasteiger charge is -2.09. The fourth-order valence-corrected chi connectivity index (χ4v) is 1.26. The second kappa shape index (κ2) is 4.80. The van der Waals surface area contributed by atoms with Crippen molar-refractivity contribution in [2.75, 3.05) is 5.32 Å².